The second kappa shape index (κ2) is 65.2. The first-order chi connectivity index (χ1) is 52.2. The first-order valence-electron chi connectivity index (χ1n) is 45.5. The molecule has 3 rings (SSSR count). The molecule has 0 saturated carbocycles. The van der Waals surface area contributed by atoms with E-state index in [1.807, 2.05) is 45.0 Å². The second-order valence-corrected chi connectivity index (χ2v) is 32.6. The molecule has 3 unspecified atom stereocenters. The molecular weight excluding hydrogens is 1330 g/mol. The van der Waals surface area contributed by atoms with Crippen molar-refractivity contribution in [3.8, 4) is 0 Å². The normalized spacial score (nSPS) is 12.8. The Labute approximate surface area is 656 Å². The fourth-order valence-electron chi connectivity index (χ4n) is 15.5. The number of imidazole rings is 1. The Bertz CT molecular complexity index is 2590. The van der Waals surface area contributed by atoms with Crippen LogP contribution in [-0.4, -0.2) is 120 Å². The minimum atomic E-state index is -0.832. The molecule has 3 atom stereocenters. The molecule has 0 amide bonds. The third-order valence-corrected chi connectivity index (χ3v) is 22.1. The first kappa shape index (κ1) is 96.9. The molecule has 0 fully saturated rings. The lowest BCUT2D eigenvalue weighted by atomic mass is 9.94. The molecule has 3 aromatic rings. The van der Waals surface area contributed by atoms with E-state index >= 15 is 0 Å². The fourth-order valence-corrected chi connectivity index (χ4v) is 15.5. The summed E-state index contributed by atoms with van der Waals surface area (Å²) in [5.41, 5.74) is 7.96. The van der Waals surface area contributed by atoms with Gasteiger partial charge in [-0.1, -0.05) is 297 Å². The maximum Gasteiger partial charge on any atom is 0.308 e. The number of hydrogen-bond acceptors (Lipinski definition) is 14. The lowest BCUT2D eigenvalue weighted by molar-refractivity contribution is -0.158. The highest BCUT2D eigenvalue weighted by Gasteiger charge is 2.29. The number of para-hydroxylation sites is 1. The maximum absolute atomic E-state index is 13.7. The zero-order valence-electron chi connectivity index (χ0n) is 71.0. The van der Waals surface area contributed by atoms with Crippen LogP contribution < -0.4 is 5.73 Å². The number of benzene rings is 1. The number of carbonyl (C=O) groups excluding carboxylic acids is 4. The molecule has 618 valence electrons. The van der Waals surface area contributed by atoms with Gasteiger partial charge in [-0.05, 0) is 162 Å². The van der Waals surface area contributed by atoms with E-state index in [1.54, 1.807) is 0 Å². The van der Waals surface area contributed by atoms with Gasteiger partial charge in [0.2, 0.25) is 0 Å². The Morgan fingerprint density at radius 2 is 0.738 bits per heavy atom. The zero-order valence-corrected chi connectivity index (χ0v) is 71.0. The average Bonchev–Trinajstić information content (AvgIpc) is 1.61. The zero-order chi connectivity index (χ0) is 77.5. The Morgan fingerprint density at radius 3 is 1.12 bits per heavy atom. The number of fused-ring (bicyclic) bond motifs is 3. The Balaban J connectivity index is 1.68. The molecule has 2 N–H and O–H groups in total. The molecule has 2 heterocycles. The van der Waals surface area contributed by atoms with Crippen LogP contribution in [-0.2, 0) is 56.0 Å². The van der Waals surface area contributed by atoms with E-state index < -0.39 is 5.60 Å². The minimum absolute atomic E-state index is 0.0293. The van der Waals surface area contributed by atoms with Crippen molar-refractivity contribution in [1.82, 2.24) is 24.3 Å². The summed E-state index contributed by atoms with van der Waals surface area (Å²) in [6, 6.07) is 7.95. The monoisotopic (exact) mass is 1500 g/mol. The third kappa shape index (κ3) is 46.9. The number of pyridine rings is 1. The molecule has 0 bridgehead atoms. The van der Waals surface area contributed by atoms with E-state index in [1.165, 1.54) is 154 Å². The molecule has 0 aliphatic rings. The van der Waals surface area contributed by atoms with Crippen LogP contribution in [0.1, 0.15) is 408 Å². The average molecular weight is 1500 g/mol. The molecule has 0 spiro atoms. The van der Waals surface area contributed by atoms with Crippen molar-refractivity contribution in [2.75, 3.05) is 71.4 Å². The molecule has 0 radical (unpaired) electrons. The number of anilines is 1. The van der Waals surface area contributed by atoms with Crippen LogP contribution in [0.15, 0.2) is 24.3 Å². The van der Waals surface area contributed by atoms with Gasteiger partial charge in [0.05, 0.1) is 55.2 Å². The smallest absolute Gasteiger partial charge is 0.308 e. The van der Waals surface area contributed by atoms with Gasteiger partial charge < -0.3 is 43.8 Å². The van der Waals surface area contributed by atoms with Crippen LogP contribution >= 0.6 is 0 Å². The summed E-state index contributed by atoms with van der Waals surface area (Å²) in [6.07, 6.45) is 59.0. The summed E-state index contributed by atoms with van der Waals surface area (Å²) in [7, 11) is 0. The molecular formula is C92H166N6O9. The molecule has 1 aromatic carbocycles. The lowest BCUT2D eigenvalue weighted by Crippen LogP contribution is -2.34. The van der Waals surface area contributed by atoms with Gasteiger partial charge >= 0.3 is 23.9 Å². The van der Waals surface area contributed by atoms with Crippen molar-refractivity contribution in [1.29, 1.82) is 0 Å². The summed E-state index contributed by atoms with van der Waals surface area (Å²) < 4.78 is 32.4. The van der Waals surface area contributed by atoms with Crippen molar-refractivity contribution in [3.05, 3.63) is 30.1 Å². The van der Waals surface area contributed by atoms with E-state index in [4.69, 9.17) is 34.4 Å². The van der Waals surface area contributed by atoms with Gasteiger partial charge in [-0.2, -0.15) is 0 Å². The molecule has 15 nitrogen and oxygen atoms in total. The minimum Gasteiger partial charge on any atom is -0.465 e. The Kier molecular flexibility index (Phi) is 59.1. The number of hydrogen-bond donors (Lipinski definition) is 1. The molecule has 0 aliphatic heterocycles. The van der Waals surface area contributed by atoms with Crippen LogP contribution in [0.3, 0.4) is 0 Å². The van der Waals surface area contributed by atoms with Crippen LogP contribution in [0, 0.1) is 17.8 Å². The van der Waals surface area contributed by atoms with Crippen LogP contribution in [0.4, 0.5) is 5.82 Å². The highest BCUT2D eigenvalue weighted by atomic mass is 16.6. The van der Waals surface area contributed by atoms with E-state index in [0.29, 0.717) is 57.3 Å². The van der Waals surface area contributed by atoms with E-state index in [2.05, 4.69) is 60.9 Å². The molecule has 0 saturated heterocycles. The largest absolute Gasteiger partial charge is 0.465 e. The molecule has 2 aromatic heterocycles. The number of esters is 4. The van der Waals surface area contributed by atoms with Crippen LogP contribution in [0.25, 0.3) is 21.9 Å². The quantitative estimate of drug-likeness (QED) is 0.0321. The van der Waals surface area contributed by atoms with Crippen molar-refractivity contribution in [2.24, 2.45) is 17.8 Å². The number of rotatable bonds is 76. The highest BCUT2D eigenvalue weighted by Crippen LogP contribution is 2.32. The predicted octanol–water partition coefficient (Wildman–Crippen LogP) is 24.9. The summed E-state index contributed by atoms with van der Waals surface area (Å²) in [5, 5.41) is 0.941. The summed E-state index contributed by atoms with van der Waals surface area (Å²) in [4.78, 5) is 69.2. The lowest BCUT2D eigenvalue weighted by Gasteiger charge is -2.27. The van der Waals surface area contributed by atoms with Crippen LogP contribution in [0.2, 0.25) is 0 Å². The van der Waals surface area contributed by atoms with Crippen molar-refractivity contribution >= 4 is 51.6 Å². The number of unbranched alkanes of at least 4 members (excludes halogenated alkanes) is 35. The number of nitrogens with two attached hydrogens (primary N) is 1. The summed E-state index contributed by atoms with van der Waals surface area (Å²) in [5.74, 6) is 1.11. The number of ether oxygens (including phenoxy) is 5. The van der Waals surface area contributed by atoms with Crippen molar-refractivity contribution in [2.45, 2.75) is 421 Å². The third-order valence-electron chi connectivity index (χ3n) is 22.1. The highest BCUT2D eigenvalue weighted by molar-refractivity contribution is 6.06. The topological polar surface area (TPSA) is 178 Å². The fraction of sp³-hybridized carbons (Fsp3) is 0.848. The van der Waals surface area contributed by atoms with Gasteiger partial charge in [0, 0.05) is 18.4 Å². The molecule has 15 heteroatoms. The van der Waals surface area contributed by atoms with Gasteiger partial charge in [-0.15, -0.1) is 0 Å². The Hall–Kier alpha value is -4.34. The van der Waals surface area contributed by atoms with Gasteiger partial charge in [-0.25, -0.2) is 9.97 Å². The predicted molar refractivity (Wildman–Crippen MR) is 450 cm³/mol. The maximum atomic E-state index is 13.7. The summed E-state index contributed by atoms with van der Waals surface area (Å²) in [6.45, 7) is 28.4. The Morgan fingerprint density at radius 1 is 0.411 bits per heavy atom. The van der Waals surface area contributed by atoms with Crippen LogP contribution in [0.5, 0.6) is 0 Å². The number of nitrogens with zero attached hydrogens (tertiary/aromatic N) is 5. The van der Waals surface area contributed by atoms with Gasteiger partial charge in [0.25, 0.3) is 0 Å². The van der Waals surface area contributed by atoms with Gasteiger partial charge in [0.1, 0.15) is 23.5 Å². The van der Waals surface area contributed by atoms with E-state index in [-0.39, 0.29) is 41.6 Å². The summed E-state index contributed by atoms with van der Waals surface area (Å²) >= 11 is 0. The standard InChI is InChI=1S/C92H166N6O9/c1-10-17-23-29-32-45-62-79(59-42-26-20-13-4)89(100)104-74-55-38-35-51-68-96(69-52-36-39-56-75-105-90(101)80(60-43-27-21-14-5)63-46-33-30-24-18-11-2)72-58-73-97(70-53-37-40-57-76-106-91(102)81(61-44-28-22-15-6)64-47-34-31-25-19-12-3)71-54-41-48-67-85(99)107-92(8,9)78-98-84(77-103-16-7)95-86-87(98)82-65-49-50-66-83(82)94-88(86)93/h49-50,65-66,79-81H,10-48,51-64,67-78H2,1-9H3,(H2,93,94). The first-order valence-corrected chi connectivity index (χ1v) is 45.5. The van der Waals surface area contributed by atoms with Gasteiger partial charge in [-0.3, -0.25) is 19.2 Å². The van der Waals surface area contributed by atoms with Crippen molar-refractivity contribution in [3.63, 3.8) is 0 Å². The van der Waals surface area contributed by atoms with Gasteiger partial charge in [0.15, 0.2) is 5.82 Å². The number of nitrogen functional groups attached to an aromatic ring is 1. The molecule has 107 heavy (non-hydrogen) atoms. The number of aromatic nitrogens is 3. The second-order valence-electron chi connectivity index (χ2n) is 32.6. The molecule has 0 aliphatic carbocycles. The van der Waals surface area contributed by atoms with Crippen molar-refractivity contribution < 1.29 is 42.9 Å². The van der Waals surface area contributed by atoms with E-state index in [9.17, 15) is 19.2 Å². The number of carbonyl (C=O) groups is 4. The SMILES string of the molecule is CCCCCCCCC(CCCCCC)C(=O)OCCCCCCN(CCCCCCOC(=O)C(CCCCCC)CCCCCCCC)CCCN(CCCCCCOC(=O)C(CCCCCC)CCCCCCCC)CCCCCC(=O)OC(C)(C)Cn1c(COCC)nc2c(N)nc3ccccc3c21. The van der Waals surface area contributed by atoms with E-state index in [0.717, 1.165) is 241 Å².